The second-order valence-corrected chi connectivity index (χ2v) is 3.25. The molecule has 1 heterocycles. The van der Waals surface area contributed by atoms with Crippen LogP contribution in [-0.2, 0) is 0 Å². The number of aromatic nitrogens is 1. The molecular formula is C10H5F3N2O2. The maximum Gasteiger partial charge on any atom is 0.235 e. The Labute approximate surface area is 92.5 Å². The van der Waals surface area contributed by atoms with Crippen LogP contribution in [0.4, 0.5) is 13.2 Å². The molecule has 0 amide bonds. The summed E-state index contributed by atoms with van der Waals surface area (Å²) in [7, 11) is 0. The summed E-state index contributed by atoms with van der Waals surface area (Å²) in [6, 6.07) is 0.782. The van der Waals surface area contributed by atoms with Crippen molar-refractivity contribution in [3.8, 4) is 0 Å². The average Bonchev–Trinajstić information content (AvgIpc) is 2.66. The highest BCUT2D eigenvalue weighted by molar-refractivity contribution is 5.89. The van der Waals surface area contributed by atoms with Gasteiger partial charge in [0.25, 0.3) is 0 Å². The Bertz CT molecular complexity index is 634. The topological polar surface area (TPSA) is 58.9 Å². The molecular weight excluding hydrogens is 237 g/mol. The third-order valence-electron chi connectivity index (χ3n) is 2.22. The highest BCUT2D eigenvalue weighted by Crippen LogP contribution is 2.25. The van der Waals surface area contributed by atoms with Crippen LogP contribution in [0.5, 0.6) is 0 Å². The van der Waals surface area contributed by atoms with Crippen LogP contribution < -0.4 is 0 Å². The highest BCUT2D eigenvalue weighted by atomic mass is 19.2. The van der Waals surface area contributed by atoms with E-state index in [1.807, 2.05) is 0 Å². The molecule has 0 spiro atoms. The van der Waals surface area contributed by atoms with Gasteiger partial charge < -0.3 is 4.98 Å². The van der Waals surface area contributed by atoms with Crippen LogP contribution in [0.25, 0.3) is 17.0 Å². The van der Waals surface area contributed by atoms with E-state index in [1.54, 1.807) is 0 Å². The van der Waals surface area contributed by atoms with Crippen molar-refractivity contribution in [2.75, 3.05) is 0 Å². The Morgan fingerprint density at radius 2 is 2.00 bits per heavy atom. The van der Waals surface area contributed by atoms with E-state index in [2.05, 4.69) is 4.98 Å². The molecule has 0 fully saturated rings. The van der Waals surface area contributed by atoms with Gasteiger partial charge in [-0.05, 0) is 6.07 Å². The first kappa shape index (κ1) is 11.2. The summed E-state index contributed by atoms with van der Waals surface area (Å²) < 4.78 is 39.1. The molecule has 0 radical (unpaired) electrons. The van der Waals surface area contributed by atoms with Crippen LogP contribution in [0, 0.1) is 27.6 Å². The maximum atomic E-state index is 13.3. The fourth-order valence-electron chi connectivity index (χ4n) is 1.47. The zero-order valence-electron chi connectivity index (χ0n) is 8.21. The number of hydrogen-bond donors (Lipinski definition) is 1. The second-order valence-electron chi connectivity index (χ2n) is 3.25. The number of nitrogens with zero attached hydrogens (tertiary/aromatic N) is 1. The first-order chi connectivity index (χ1) is 8.00. The average molecular weight is 242 g/mol. The van der Waals surface area contributed by atoms with Gasteiger partial charge in [-0.2, -0.15) is 0 Å². The molecule has 1 aromatic carbocycles. The zero-order chi connectivity index (χ0) is 12.6. The Kier molecular flexibility index (Phi) is 2.58. The summed E-state index contributed by atoms with van der Waals surface area (Å²) in [6.07, 6.45) is 2.92. The van der Waals surface area contributed by atoms with E-state index in [0.717, 1.165) is 12.1 Å². The molecule has 2 rings (SSSR count). The lowest BCUT2D eigenvalue weighted by atomic mass is 10.1. The number of aromatic amines is 1. The van der Waals surface area contributed by atoms with E-state index in [-0.39, 0.29) is 16.5 Å². The van der Waals surface area contributed by atoms with Crippen LogP contribution in [0.1, 0.15) is 5.56 Å². The van der Waals surface area contributed by atoms with Gasteiger partial charge in [0.1, 0.15) is 0 Å². The normalized spacial score (nSPS) is 11.5. The van der Waals surface area contributed by atoms with Gasteiger partial charge in [0.2, 0.25) is 6.20 Å². The van der Waals surface area contributed by atoms with Gasteiger partial charge in [-0.1, -0.05) is 0 Å². The number of benzene rings is 1. The first-order valence-electron chi connectivity index (χ1n) is 4.47. The quantitative estimate of drug-likeness (QED) is 0.500. The lowest BCUT2D eigenvalue weighted by Crippen LogP contribution is -1.91. The summed E-state index contributed by atoms with van der Waals surface area (Å²) in [5.41, 5.74) is -0.0265. The minimum Gasteiger partial charge on any atom is -0.358 e. The van der Waals surface area contributed by atoms with E-state index >= 15 is 0 Å². The molecule has 1 N–H and O–H groups in total. The van der Waals surface area contributed by atoms with Gasteiger partial charge in [-0.25, -0.2) is 13.2 Å². The molecule has 1 aromatic heterocycles. The van der Waals surface area contributed by atoms with E-state index in [1.165, 1.54) is 6.20 Å². The van der Waals surface area contributed by atoms with Crippen LogP contribution in [-0.4, -0.2) is 9.91 Å². The number of rotatable bonds is 2. The zero-order valence-corrected chi connectivity index (χ0v) is 8.21. The van der Waals surface area contributed by atoms with Crippen molar-refractivity contribution in [1.29, 1.82) is 0 Å². The third-order valence-corrected chi connectivity index (χ3v) is 2.22. The van der Waals surface area contributed by atoms with E-state index in [9.17, 15) is 23.3 Å². The Morgan fingerprint density at radius 3 is 2.65 bits per heavy atom. The summed E-state index contributed by atoms with van der Waals surface area (Å²) in [5, 5.41) is 10.2. The van der Waals surface area contributed by atoms with Crippen LogP contribution in [0.3, 0.4) is 0 Å². The Balaban J connectivity index is 2.65. The molecule has 2 aromatic rings. The summed E-state index contributed by atoms with van der Waals surface area (Å²) >= 11 is 0. The third kappa shape index (κ3) is 1.86. The van der Waals surface area contributed by atoms with Gasteiger partial charge in [0.05, 0.1) is 10.4 Å². The molecule has 0 unspecified atom stereocenters. The van der Waals surface area contributed by atoms with Crippen LogP contribution in [0.2, 0.25) is 0 Å². The van der Waals surface area contributed by atoms with Crippen LogP contribution >= 0.6 is 0 Å². The SMILES string of the molecule is O=[N+]([O-])/C=C/c1c[nH]c2c(F)c(F)c(F)cc12. The Hall–Kier alpha value is -2.31. The predicted octanol–water partition coefficient (Wildman–Crippen LogP) is 2.83. The lowest BCUT2D eigenvalue weighted by Gasteiger charge is -1.97. The van der Waals surface area contributed by atoms with Crippen molar-refractivity contribution in [3.05, 3.63) is 51.6 Å². The fourth-order valence-corrected chi connectivity index (χ4v) is 1.47. The lowest BCUT2D eigenvalue weighted by molar-refractivity contribution is -0.400. The first-order valence-corrected chi connectivity index (χ1v) is 4.47. The van der Waals surface area contributed by atoms with Crippen molar-refractivity contribution in [2.45, 2.75) is 0 Å². The molecule has 0 atom stereocenters. The second kappa shape index (κ2) is 3.93. The minimum atomic E-state index is -1.58. The largest absolute Gasteiger partial charge is 0.358 e. The molecule has 7 heteroatoms. The predicted molar refractivity (Wildman–Crippen MR) is 54.2 cm³/mol. The number of nitro groups is 1. The van der Waals surface area contributed by atoms with Gasteiger partial charge in [0, 0.05) is 23.2 Å². The van der Waals surface area contributed by atoms with Gasteiger partial charge >= 0.3 is 0 Å². The van der Waals surface area contributed by atoms with Gasteiger partial charge in [0.15, 0.2) is 17.5 Å². The van der Waals surface area contributed by atoms with Crippen molar-refractivity contribution < 1.29 is 18.1 Å². The standard InChI is InChI=1S/C10H5F3N2O2/c11-7-3-6-5(1-2-15(16)17)4-14-10(6)9(13)8(7)12/h1-4,14H/b2-1+. The monoisotopic (exact) mass is 242 g/mol. The van der Waals surface area contributed by atoms with E-state index in [4.69, 9.17) is 0 Å². The molecule has 88 valence electrons. The molecule has 0 saturated carbocycles. The molecule has 17 heavy (non-hydrogen) atoms. The summed E-state index contributed by atoms with van der Waals surface area (Å²) in [4.78, 5) is 11.8. The van der Waals surface area contributed by atoms with Crippen molar-refractivity contribution in [2.24, 2.45) is 0 Å². The highest BCUT2D eigenvalue weighted by Gasteiger charge is 2.16. The number of halogens is 3. The molecule has 0 aliphatic heterocycles. The Morgan fingerprint density at radius 1 is 1.29 bits per heavy atom. The summed E-state index contributed by atoms with van der Waals surface area (Å²) in [5.74, 6) is -4.27. The maximum absolute atomic E-state index is 13.3. The smallest absolute Gasteiger partial charge is 0.235 e. The number of H-pyrrole nitrogens is 1. The summed E-state index contributed by atoms with van der Waals surface area (Å²) in [6.45, 7) is 0. The van der Waals surface area contributed by atoms with Gasteiger partial charge in [-0.3, -0.25) is 10.1 Å². The molecule has 0 aliphatic carbocycles. The van der Waals surface area contributed by atoms with E-state index < -0.39 is 22.4 Å². The molecule has 0 saturated heterocycles. The van der Waals surface area contributed by atoms with Crippen molar-refractivity contribution >= 4 is 17.0 Å². The van der Waals surface area contributed by atoms with Crippen LogP contribution in [0.15, 0.2) is 18.5 Å². The van der Waals surface area contributed by atoms with E-state index in [0.29, 0.717) is 6.20 Å². The molecule has 4 nitrogen and oxygen atoms in total. The molecule has 0 aliphatic rings. The number of fused-ring (bicyclic) bond motifs is 1. The number of hydrogen-bond acceptors (Lipinski definition) is 2. The van der Waals surface area contributed by atoms with Gasteiger partial charge in [-0.15, -0.1) is 0 Å². The minimum absolute atomic E-state index is 0.0412. The molecule has 0 bridgehead atoms. The van der Waals surface area contributed by atoms with Crippen molar-refractivity contribution in [3.63, 3.8) is 0 Å². The fraction of sp³-hybridized carbons (Fsp3) is 0. The number of nitrogens with one attached hydrogen (secondary N) is 1. The van der Waals surface area contributed by atoms with Crippen molar-refractivity contribution in [1.82, 2.24) is 4.98 Å².